The lowest BCUT2D eigenvalue weighted by atomic mass is 10.1. The van der Waals surface area contributed by atoms with E-state index in [1.54, 1.807) is 0 Å². The third kappa shape index (κ3) is 3.97. The molecule has 2 atom stereocenters. The Morgan fingerprint density at radius 2 is 2.19 bits per heavy atom. The zero-order valence-electron chi connectivity index (χ0n) is 11.0. The molecule has 16 heavy (non-hydrogen) atoms. The van der Waals surface area contributed by atoms with E-state index in [4.69, 9.17) is 0 Å². The Bertz CT molecular complexity index is 293. The summed E-state index contributed by atoms with van der Waals surface area (Å²) >= 11 is 0. The van der Waals surface area contributed by atoms with Crippen LogP contribution in [0.25, 0.3) is 0 Å². The van der Waals surface area contributed by atoms with Crippen molar-refractivity contribution in [2.24, 2.45) is 0 Å². The summed E-state index contributed by atoms with van der Waals surface area (Å²) in [7, 11) is 2.02. The van der Waals surface area contributed by atoms with Crippen molar-refractivity contribution in [3.8, 4) is 0 Å². The van der Waals surface area contributed by atoms with E-state index in [1.165, 1.54) is 18.5 Å². The van der Waals surface area contributed by atoms with Crippen LogP contribution in [-0.2, 0) is 6.42 Å². The molecule has 0 aliphatic heterocycles. The van der Waals surface area contributed by atoms with E-state index in [1.807, 2.05) is 7.05 Å². The molecule has 1 N–H and O–H groups in total. The average Bonchev–Trinajstić information content (AvgIpc) is 2.76. The van der Waals surface area contributed by atoms with Gasteiger partial charge in [-0.3, -0.25) is 4.68 Å². The maximum atomic E-state index is 4.60. The van der Waals surface area contributed by atoms with E-state index in [0.29, 0.717) is 12.1 Å². The molecular weight excluding hydrogens is 198 g/mol. The molecule has 92 valence electrons. The fourth-order valence-electron chi connectivity index (χ4n) is 1.68. The normalized spacial score (nSPS) is 15.0. The summed E-state index contributed by atoms with van der Waals surface area (Å²) in [4.78, 5) is 0. The number of nitrogens with one attached hydrogen (secondary N) is 1. The molecule has 0 fully saturated rings. The highest BCUT2D eigenvalue weighted by atomic mass is 15.3. The summed E-state index contributed by atoms with van der Waals surface area (Å²) in [5.41, 5.74) is 1.23. The lowest BCUT2D eigenvalue weighted by Gasteiger charge is -2.09. The predicted octanol–water partition coefficient (Wildman–Crippen LogP) is 2.78. The molecule has 1 rings (SSSR count). The predicted molar refractivity (Wildman–Crippen MR) is 68.7 cm³/mol. The van der Waals surface area contributed by atoms with E-state index in [0.717, 1.165) is 12.8 Å². The van der Waals surface area contributed by atoms with E-state index in [-0.39, 0.29) is 0 Å². The molecule has 0 aliphatic carbocycles. The van der Waals surface area contributed by atoms with Crippen molar-refractivity contribution in [3.63, 3.8) is 0 Å². The Labute approximate surface area is 99.2 Å². The third-order valence-electron chi connectivity index (χ3n) is 3.27. The Kier molecular flexibility index (Phi) is 5.53. The van der Waals surface area contributed by atoms with Crippen molar-refractivity contribution in [2.45, 2.75) is 58.5 Å². The fourth-order valence-corrected chi connectivity index (χ4v) is 1.68. The minimum absolute atomic E-state index is 0.519. The number of nitrogens with zero attached hydrogens (tertiary/aromatic N) is 2. The summed E-state index contributed by atoms with van der Waals surface area (Å²) in [6, 6.07) is 3.28. The van der Waals surface area contributed by atoms with Gasteiger partial charge in [0.25, 0.3) is 0 Å². The number of aryl methyl sites for hydroxylation is 1. The summed E-state index contributed by atoms with van der Waals surface area (Å²) in [6.07, 6.45) is 6.75. The number of rotatable bonds is 7. The van der Waals surface area contributed by atoms with Gasteiger partial charge in [0.15, 0.2) is 0 Å². The van der Waals surface area contributed by atoms with Gasteiger partial charge >= 0.3 is 0 Å². The van der Waals surface area contributed by atoms with Crippen LogP contribution in [-0.4, -0.2) is 22.9 Å². The highest BCUT2D eigenvalue weighted by Crippen LogP contribution is 2.11. The van der Waals surface area contributed by atoms with Crippen LogP contribution in [0.2, 0.25) is 0 Å². The second kappa shape index (κ2) is 6.69. The van der Waals surface area contributed by atoms with Gasteiger partial charge in [-0.15, -0.1) is 0 Å². The van der Waals surface area contributed by atoms with Crippen LogP contribution in [0, 0.1) is 0 Å². The van der Waals surface area contributed by atoms with Gasteiger partial charge in [-0.2, -0.15) is 5.10 Å². The zero-order chi connectivity index (χ0) is 12.0. The summed E-state index contributed by atoms with van der Waals surface area (Å²) in [5, 5.41) is 7.86. The van der Waals surface area contributed by atoms with E-state index in [9.17, 15) is 0 Å². The van der Waals surface area contributed by atoms with Gasteiger partial charge in [0.1, 0.15) is 0 Å². The largest absolute Gasteiger partial charge is 0.317 e. The van der Waals surface area contributed by atoms with Gasteiger partial charge in [0.2, 0.25) is 0 Å². The molecule has 2 unspecified atom stereocenters. The van der Waals surface area contributed by atoms with Gasteiger partial charge in [-0.1, -0.05) is 6.92 Å². The molecule has 0 radical (unpaired) electrons. The minimum atomic E-state index is 0.519. The molecule has 0 spiro atoms. The first-order valence-corrected chi connectivity index (χ1v) is 6.38. The van der Waals surface area contributed by atoms with Crippen LogP contribution in [0.1, 0.15) is 51.8 Å². The van der Waals surface area contributed by atoms with Crippen LogP contribution in [0.4, 0.5) is 0 Å². The van der Waals surface area contributed by atoms with Crippen molar-refractivity contribution < 1.29 is 0 Å². The maximum Gasteiger partial charge on any atom is 0.0624 e. The molecule has 0 amide bonds. The molecule has 1 heterocycles. The van der Waals surface area contributed by atoms with E-state index in [2.05, 4.69) is 48.1 Å². The molecule has 3 heteroatoms. The zero-order valence-corrected chi connectivity index (χ0v) is 11.0. The third-order valence-corrected chi connectivity index (χ3v) is 3.27. The van der Waals surface area contributed by atoms with Crippen molar-refractivity contribution in [1.82, 2.24) is 15.1 Å². The second-order valence-electron chi connectivity index (χ2n) is 4.63. The SMILES string of the molecule is CCC(C)n1ccc(CCCC(C)NC)n1. The molecule has 0 saturated heterocycles. The molecule has 3 nitrogen and oxygen atoms in total. The van der Waals surface area contributed by atoms with Crippen molar-refractivity contribution in [2.75, 3.05) is 7.05 Å². The lowest BCUT2D eigenvalue weighted by molar-refractivity contribution is 0.471. The molecular formula is C13H25N3. The summed E-state index contributed by atoms with van der Waals surface area (Å²) in [6.45, 7) is 6.62. The lowest BCUT2D eigenvalue weighted by Crippen LogP contribution is -2.20. The monoisotopic (exact) mass is 223 g/mol. The Morgan fingerprint density at radius 3 is 2.81 bits per heavy atom. The first-order valence-electron chi connectivity index (χ1n) is 6.38. The Hall–Kier alpha value is -0.830. The van der Waals surface area contributed by atoms with Crippen molar-refractivity contribution in [3.05, 3.63) is 18.0 Å². The Morgan fingerprint density at radius 1 is 1.44 bits per heavy atom. The van der Waals surface area contributed by atoms with Crippen LogP contribution in [0.5, 0.6) is 0 Å². The molecule has 1 aromatic rings. The number of hydrogen-bond acceptors (Lipinski definition) is 2. The summed E-state index contributed by atoms with van der Waals surface area (Å²) in [5.74, 6) is 0. The van der Waals surface area contributed by atoms with Crippen molar-refractivity contribution >= 4 is 0 Å². The maximum absolute atomic E-state index is 4.60. The van der Waals surface area contributed by atoms with Crippen LogP contribution in [0.3, 0.4) is 0 Å². The van der Waals surface area contributed by atoms with Crippen LogP contribution < -0.4 is 5.32 Å². The van der Waals surface area contributed by atoms with E-state index >= 15 is 0 Å². The van der Waals surface area contributed by atoms with Crippen molar-refractivity contribution in [1.29, 1.82) is 0 Å². The molecule has 0 saturated carbocycles. The van der Waals surface area contributed by atoms with Gasteiger partial charge < -0.3 is 5.32 Å². The van der Waals surface area contributed by atoms with E-state index < -0.39 is 0 Å². The van der Waals surface area contributed by atoms with Crippen LogP contribution in [0.15, 0.2) is 12.3 Å². The minimum Gasteiger partial charge on any atom is -0.317 e. The van der Waals surface area contributed by atoms with Gasteiger partial charge in [0.05, 0.1) is 5.69 Å². The smallest absolute Gasteiger partial charge is 0.0624 e. The highest BCUT2D eigenvalue weighted by molar-refractivity contribution is 4.99. The second-order valence-corrected chi connectivity index (χ2v) is 4.63. The standard InChI is InChI=1S/C13H25N3/c1-5-12(3)16-10-9-13(15-16)8-6-7-11(2)14-4/h9-12,14H,5-8H2,1-4H3. The van der Waals surface area contributed by atoms with Gasteiger partial charge in [-0.05, 0) is 52.6 Å². The quantitative estimate of drug-likeness (QED) is 0.770. The van der Waals surface area contributed by atoms with Gasteiger partial charge in [0, 0.05) is 18.3 Å². The first-order chi connectivity index (χ1) is 7.67. The number of hydrogen-bond donors (Lipinski definition) is 1. The molecule has 0 bridgehead atoms. The summed E-state index contributed by atoms with van der Waals surface area (Å²) < 4.78 is 2.08. The molecule has 0 aromatic carbocycles. The Balaban J connectivity index is 2.35. The molecule has 1 aromatic heterocycles. The van der Waals surface area contributed by atoms with Crippen LogP contribution >= 0.6 is 0 Å². The topological polar surface area (TPSA) is 29.9 Å². The first kappa shape index (κ1) is 13.2. The highest BCUT2D eigenvalue weighted by Gasteiger charge is 2.05. The number of aromatic nitrogens is 2. The molecule has 0 aliphatic rings. The fraction of sp³-hybridized carbons (Fsp3) is 0.769. The van der Waals surface area contributed by atoms with Gasteiger partial charge in [-0.25, -0.2) is 0 Å². The average molecular weight is 223 g/mol.